The van der Waals surface area contributed by atoms with Crippen molar-refractivity contribution in [3.05, 3.63) is 59.7 Å². The third-order valence-electron chi connectivity index (χ3n) is 5.28. The minimum Gasteiger partial charge on any atom is -0.464 e. The van der Waals surface area contributed by atoms with Crippen molar-refractivity contribution in [3.8, 4) is 0 Å². The van der Waals surface area contributed by atoms with E-state index >= 15 is 0 Å². The van der Waals surface area contributed by atoms with Crippen molar-refractivity contribution >= 4 is 23.3 Å². The molecule has 182 valence electrons. The second kappa shape index (κ2) is 14.9. The number of carbonyl (C=O) groups is 2. The SMILES string of the molecule is C.CCN(CCOC(=O)CCC(=O)OCCN(CC)c1cccc(C)c1)c1cccc(C)c1. The Balaban J connectivity index is 0.00000544. The molecular weight excluding hydrogens is 416 g/mol. The van der Waals surface area contributed by atoms with E-state index in [1.165, 1.54) is 11.1 Å². The summed E-state index contributed by atoms with van der Waals surface area (Å²) in [6.07, 6.45) is 0.0650. The van der Waals surface area contributed by atoms with E-state index < -0.39 is 0 Å². The van der Waals surface area contributed by atoms with Crippen LogP contribution in [0.5, 0.6) is 0 Å². The molecule has 0 unspecified atom stereocenters. The Labute approximate surface area is 199 Å². The molecule has 0 radical (unpaired) electrons. The first-order valence-electron chi connectivity index (χ1n) is 11.4. The molecule has 2 aromatic rings. The van der Waals surface area contributed by atoms with E-state index in [0.29, 0.717) is 13.1 Å². The monoisotopic (exact) mass is 456 g/mol. The summed E-state index contributed by atoms with van der Waals surface area (Å²) >= 11 is 0. The van der Waals surface area contributed by atoms with Gasteiger partial charge in [-0.15, -0.1) is 0 Å². The number of hydrogen-bond donors (Lipinski definition) is 0. The summed E-state index contributed by atoms with van der Waals surface area (Å²) in [6, 6.07) is 16.5. The zero-order chi connectivity index (χ0) is 23.3. The van der Waals surface area contributed by atoms with Gasteiger partial charge in [0.05, 0.1) is 25.9 Å². The molecule has 0 fully saturated rings. The highest BCUT2D eigenvalue weighted by molar-refractivity contribution is 5.77. The molecule has 6 heteroatoms. The van der Waals surface area contributed by atoms with Crippen molar-refractivity contribution < 1.29 is 19.1 Å². The molecule has 6 nitrogen and oxygen atoms in total. The van der Waals surface area contributed by atoms with Crippen molar-refractivity contribution in [1.29, 1.82) is 0 Å². The minimum absolute atomic E-state index is 0. The fourth-order valence-corrected chi connectivity index (χ4v) is 3.48. The molecule has 0 N–H and O–H groups in total. The Morgan fingerprint density at radius 2 is 1.12 bits per heavy atom. The van der Waals surface area contributed by atoms with Gasteiger partial charge in [0, 0.05) is 24.5 Å². The highest BCUT2D eigenvalue weighted by atomic mass is 16.5. The van der Waals surface area contributed by atoms with Crippen molar-refractivity contribution in [2.45, 2.75) is 48.0 Å². The van der Waals surface area contributed by atoms with E-state index in [1.54, 1.807) is 0 Å². The lowest BCUT2D eigenvalue weighted by Crippen LogP contribution is -2.28. The Kier molecular flexibility index (Phi) is 12.7. The number of esters is 2. The van der Waals surface area contributed by atoms with E-state index in [1.807, 2.05) is 24.3 Å². The van der Waals surface area contributed by atoms with Crippen LogP contribution in [0.1, 0.15) is 45.2 Å². The molecule has 33 heavy (non-hydrogen) atoms. The third kappa shape index (κ3) is 9.98. The first-order chi connectivity index (χ1) is 15.4. The largest absolute Gasteiger partial charge is 0.464 e. The highest BCUT2D eigenvalue weighted by Crippen LogP contribution is 2.16. The molecule has 0 atom stereocenters. The van der Waals surface area contributed by atoms with Crippen LogP contribution in [0.3, 0.4) is 0 Å². The maximum Gasteiger partial charge on any atom is 0.306 e. The maximum absolute atomic E-state index is 12.0. The van der Waals surface area contributed by atoms with Gasteiger partial charge in [0.15, 0.2) is 0 Å². The van der Waals surface area contributed by atoms with E-state index in [2.05, 4.69) is 61.8 Å². The zero-order valence-electron chi connectivity index (χ0n) is 19.8. The van der Waals surface area contributed by atoms with Gasteiger partial charge in [-0.3, -0.25) is 9.59 Å². The van der Waals surface area contributed by atoms with Crippen LogP contribution in [-0.2, 0) is 19.1 Å². The molecule has 0 bridgehead atoms. The van der Waals surface area contributed by atoms with Gasteiger partial charge in [0.25, 0.3) is 0 Å². The molecule has 0 spiro atoms. The Morgan fingerprint density at radius 3 is 1.45 bits per heavy atom. The third-order valence-corrected chi connectivity index (χ3v) is 5.28. The Bertz CT molecular complexity index is 797. The van der Waals surface area contributed by atoms with Crippen LogP contribution in [0.2, 0.25) is 0 Å². The molecule has 0 amide bonds. The predicted octanol–water partition coefficient (Wildman–Crippen LogP) is 5.16. The van der Waals surface area contributed by atoms with Gasteiger partial charge in [-0.25, -0.2) is 0 Å². The molecule has 0 aliphatic heterocycles. The zero-order valence-corrected chi connectivity index (χ0v) is 19.8. The molecule has 0 heterocycles. The first-order valence-corrected chi connectivity index (χ1v) is 11.4. The van der Waals surface area contributed by atoms with Crippen molar-refractivity contribution in [2.75, 3.05) is 49.2 Å². The number of aryl methyl sites for hydroxylation is 2. The van der Waals surface area contributed by atoms with Crippen LogP contribution in [0, 0.1) is 13.8 Å². The second-order valence-electron chi connectivity index (χ2n) is 7.78. The van der Waals surface area contributed by atoms with Gasteiger partial charge < -0.3 is 19.3 Å². The number of carbonyl (C=O) groups excluding carboxylic acids is 2. The topological polar surface area (TPSA) is 59.1 Å². The molecule has 0 saturated carbocycles. The Morgan fingerprint density at radius 1 is 0.727 bits per heavy atom. The summed E-state index contributed by atoms with van der Waals surface area (Å²) in [6.45, 7) is 11.7. The number of anilines is 2. The first kappa shape index (κ1) is 28.0. The van der Waals surface area contributed by atoms with Crippen molar-refractivity contribution in [1.82, 2.24) is 0 Å². The Hall–Kier alpha value is -3.02. The van der Waals surface area contributed by atoms with E-state index in [9.17, 15) is 9.59 Å². The molecule has 0 aromatic heterocycles. The van der Waals surface area contributed by atoms with Crippen LogP contribution in [0.15, 0.2) is 48.5 Å². The van der Waals surface area contributed by atoms with Gasteiger partial charge in [-0.1, -0.05) is 31.7 Å². The van der Waals surface area contributed by atoms with E-state index in [4.69, 9.17) is 9.47 Å². The lowest BCUT2D eigenvalue weighted by Gasteiger charge is -2.23. The summed E-state index contributed by atoms with van der Waals surface area (Å²) in [7, 11) is 0. The van der Waals surface area contributed by atoms with E-state index in [-0.39, 0.29) is 45.4 Å². The lowest BCUT2D eigenvalue weighted by atomic mass is 10.2. The molecule has 0 aliphatic rings. The number of likely N-dealkylation sites (N-methyl/N-ethyl adjacent to an activating group) is 2. The van der Waals surface area contributed by atoms with Crippen LogP contribution in [0.25, 0.3) is 0 Å². The maximum atomic E-state index is 12.0. The predicted molar refractivity (Wildman–Crippen MR) is 136 cm³/mol. The number of nitrogens with zero attached hydrogens (tertiary/aromatic N) is 2. The smallest absolute Gasteiger partial charge is 0.306 e. The molecule has 0 aliphatic carbocycles. The summed E-state index contributed by atoms with van der Waals surface area (Å²) in [5.41, 5.74) is 4.60. The van der Waals surface area contributed by atoms with Crippen molar-refractivity contribution in [2.24, 2.45) is 0 Å². The second-order valence-corrected chi connectivity index (χ2v) is 7.78. The van der Waals surface area contributed by atoms with Gasteiger partial charge in [0.1, 0.15) is 13.2 Å². The minimum atomic E-state index is -0.378. The summed E-state index contributed by atoms with van der Waals surface area (Å²) < 4.78 is 10.6. The van der Waals surface area contributed by atoms with Gasteiger partial charge in [-0.2, -0.15) is 0 Å². The van der Waals surface area contributed by atoms with Crippen LogP contribution in [0.4, 0.5) is 11.4 Å². The number of ether oxygens (including phenoxy) is 2. The molecule has 0 saturated heterocycles. The summed E-state index contributed by atoms with van der Waals surface area (Å²) in [5.74, 6) is -0.755. The molecule has 2 aromatic carbocycles. The lowest BCUT2D eigenvalue weighted by molar-refractivity contribution is -0.150. The van der Waals surface area contributed by atoms with E-state index in [0.717, 1.165) is 24.5 Å². The fourth-order valence-electron chi connectivity index (χ4n) is 3.48. The van der Waals surface area contributed by atoms with Crippen LogP contribution < -0.4 is 9.80 Å². The normalized spacial score (nSPS) is 10.2. The van der Waals surface area contributed by atoms with Crippen molar-refractivity contribution in [3.63, 3.8) is 0 Å². The number of rotatable bonds is 13. The van der Waals surface area contributed by atoms with Gasteiger partial charge in [-0.05, 0) is 63.1 Å². The summed E-state index contributed by atoms with van der Waals surface area (Å²) in [4.78, 5) is 28.3. The standard InChI is InChI=1S/C26H36N2O4.CH4/c1-5-27(23-11-7-9-21(3)19-23)15-17-31-25(29)13-14-26(30)32-18-16-28(6-2)24-12-8-10-22(4)20-24;/h7-12,19-20H,5-6,13-18H2,1-4H3;1H4. The highest BCUT2D eigenvalue weighted by Gasteiger charge is 2.12. The quantitative estimate of drug-likeness (QED) is 0.388. The molecule has 2 rings (SSSR count). The molecular formula is C27H40N2O4. The summed E-state index contributed by atoms with van der Waals surface area (Å²) in [5, 5.41) is 0. The van der Waals surface area contributed by atoms with Gasteiger partial charge >= 0.3 is 11.9 Å². The fraction of sp³-hybridized carbons (Fsp3) is 0.481. The van der Waals surface area contributed by atoms with Gasteiger partial charge in [0.2, 0.25) is 0 Å². The van der Waals surface area contributed by atoms with Crippen LogP contribution >= 0.6 is 0 Å². The van der Waals surface area contributed by atoms with Crippen LogP contribution in [-0.4, -0.2) is 51.3 Å². The number of hydrogen-bond acceptors (Lipinski definition) is 6. The average Bonchev–Trinajstić information content (AvgIpc) is 2.78. The number of benzene rings is 2. The average molecular weight is 457 g/mol.